The lowest BCUT2D eigenvalue weighted by atomic mass is 9.89. The van der Waals surface area contributed by atoms with Crippen molar-refractivity contribution in [1.29, 1.82) is 0 Å². The second kappa shape index (κ2) is 11.9. The maximum absolute atomic E-state index is 12.5. The van der Waals surface area contributed by atoms with Crippen LogP contribution in [0.3, 0.4) is 0 Å². The topological polar surface area (TPSA) is 127 Å². The Kier molecular flexibility index (Phi) is 9.32. The first-order valence-corrected chi connectivity index (χ1v) is 10.3. The van der Waals surface area contributed by atoms with E-state index in [2.05, 4.69) is 21.5 Å². The van der Waals surface area contributed by atoms with Crippen molar-refractivity contribution in [2.75, 3.05) is 27.9 Å². The Bertz CT molecular complexity index is 801. The normalized spacial score (nSPS) is 13.5. The average Bonchev–Trinajstić information content (AvgIpc) is 2.80. The first-order chi connectivity index (χ1) is 14.9. The molecule has 0 aliphatic heterocycles. The Balaban J connectivity index is 1.82. The van der Waals surface area contributed by atoms with Crippen LogP contribution in [0.25, 0.3) is 0 Å². The first-order valence-electron chi connectivity index (χ1n) is 9.87. The van der Waals surface area contributed by atoms with Crippen molar-refractivity contribution in [3.8, 4) is 17.2 Å². The molecule has 0 radical (unpaired) electrons. The second-order valence-electron chi connectivity index (χ2n) is 6.92. The van der Waals surface area contributed by atoms with Crippen molar-refractivity contribution >= 4 is 35.1 Å². The van der Waals surface area contributed by atoms with Gasteiger partial charge in [-0.15, -0.1) is 0 Å². The fraction of sp³-hybridized carbons (Fsp3) is 0.500. The van der Waals surface area contributed by atoms with Crippen LogP contribution < -0.4 is 35.7 Å². The molecule has 170 valence electrons. The number of hydrogen-bond donors (Lipinski definition) is 4. The monoisotopic (exact) mass is 452 g/mol. The summed E-state index contributed by atoms with van der Waals surface area (Å²) in [5.41, 5.74) is 4.97. The van der Waals surface area contributed by atoms with Crippen LogP contribution in [0.1, 0.15) is 42.5 Å². The Hall–Kier alpha value is -3.08. The van der Waals surface area contributed by atoms with Crippen LogP contribution in [0.4, 0.5) is 0 Å². The fourth-order valence-electron chi connectivity index (χ4n) is 3.27. The lowest BCUT2D eigenvalue weighted by molar-refractivity contribution is -0.129. The highest BCUT2D eigenvalue weighted by Gasteiger charge is 2.21. The number of thiocarbonyl (C=S) groups is 1. The van der Waals surface area contributed by atoms with Crippen molar-refractivity contribution in [1.82, 2.24) is 21.5 Å². The molecule has 0 heterocycles. The Morgan fingerprint density at radius 1 is 0.968 bits per heavy atom. The molecule has 0 atom stereocenters. The van der Waals surface area contributed by atoms with Gasteiger partial charge in [0.25, 0.3) is 11.8 Å². The highest BCUT2D eigenvalue weighted by Crippen LogP contribution is 2.38. The van der Waals surface area contributed by atoms with Gasteiger partial charge in [-0.25, -0.2) is 0 Å². The molecule has 2 rings (SSSR count). The van der Waals surface area contributed by atoms with Gasteiger partial charge in [0.15, 0.2) is 16.6 Å². The molecule has 1 aliphatic carbocycles. The third-order valence-electron chi connectivity index (χ3n) is 4.87. The molecule has 0 spiro atoms. The lowest BCUT2D eigenvalue weighted by Crippen LogP contribution is -2.51. The number of methoxy groups -OCH3 is 3. The molecular formula is C20H28N4O6S. The van der Waals surface area contributed by atoms with E-state index >= 15 is 0 Å². The molecule has 4 N–H and O–H groups in total. The van der Waals surface area contributed by atoms with E-state index in [1.54, 1.807) is 0 Å². The molecule has 1 fully saturated rings. The zero-order valence-electron chi connectivity index (χ0n) is 17.8. The Morgan fingerprint density at radius 2 is 1.58 bits per heavy atom. The molecule has 1 aromatic carbocycles. The summed E-state index contributed by atoms with van der Waals surface area (Å²) in [7, 11) is 4.33. The van der Waals surface area contributed by atoms with Crippen molar-refractivity contribution in [2.24, 2.45) is 5.92 Å². The van der Waals surface area contributed by atoms with E-state index in [0.29, 0.717) is 17.2 Å². The van der Waals surface area contributed by atoms with Gasteiger partial charge >= 0.3 is 0 Å². The van der Waals surface area contributed by atoms with Crippen LogP contribution in [0.2, 0.25) is 0 Å². The summed E-state index contributed by atoms with van der Waals surface area (Å²) in [6.07, 6.45) is 4.91. The number of carbonyl (C=O) groups excluding carboxylic acids is 3. The fourth-order valence-corrected chi connectivity index (χ4v) is 3.41. The summed E-state index contributed by atoms with van der Waals surface area (Å²) in [6.45, 7) is -0.189. The van der Waals surface area contributed by atoms with E-state index < -0.39 is 11.8 Å². The van der Waals surface area contributed by atoms with Gasteiger partial charge in [0, 0.05) is 11.5 Å². The minimum absolute atomic E-state index is 0.0339. The van der Waals surface area contributed by atoms with Crippen LogP contribution in [0.15, 0.2) is 12.1 Å². The molecule has 0 unspecified atom stereocenters. The number of ether oxygens (including phenoxy) is 3. The first kappa shape index (κ1) is 24.2. The maximum atomic E-state index is 12.5. The number of hydrazine groups is 1. The molecule has 1 saturated carbocycles. The Labute approximate surface area is 186 Å². The van der Waals surface area contributed by atoms with E-state index in [1.807, 2.05) is 0 Å². The van der Waals surface area contributed by atoms with Crippen LogP contribution in [0.5, 0.6) is 17.2 Å². The number of amides is 3. The minimum Gasteiger partial charge on any atom is -0.493 e. The van der Waals surface area contributed by atoms with Gasteiger partial charge in [0.1, 0.15) is 0 Å². The average molecular weight is 453 g/mol. The Morgan fingerprint density at radius 3 is 2.13 bits per heavy atom. The quantitative estimate of drug-likeness (QED) is 0.357. The molecule has 1 aliphatic rings. The number of nitrogens with one attached hydrogen (secondary N) is 4. The number of carbonyl (C=O) groups is 3. The van der Waals surface area contributed by atoms with Crippen LogP contribution in [-0.4, -0.2) is 50.7 Å². The zero-order valence-corrected chi connectivity index (χ0v) is 18.6. The SMILES string of the molecule is COc1cc(C(=O)NC(=S)NNC(=O)CNC(=O)C2CCCCC2)cc(OC)c1OC. The van der Waals surface area contributed by atoms with E-state index in [9.17, 15) is 14.4 Å². The van der Waals surface area contributed by atoms with Crippen LogP contribution in [-0.2, 0) is 9.59 Å². The predicted molar refractivity (Wildman–Crippen MR) is 117 cm³/mol. The van der Waals surface area contributed by atoms with E-state index in [4.69, 9.17) is 26.4 Å². The van der Waals surface area contributed by atoms with Gasteiger partial charge in [-0.3, -0.25) is 30.6 Å². The third-order valence-corrected chi connectivity index (χ3v) is 5.07. The van der Waals surface area contributed by atoms with Gasteiger partial charge < -0.3 is 19.5 Å². The van der Waals surface area contributed by atoms with E-state index in [0.717, 1.165) is 32.1 Å². The second-order valence-corrected chi connectivity index (χ2v) is 7.33. The summed E-state index contributed by atoms with van der Waals surface area (Å²) in [5, 5.41) is 4.93. The molecule has 0 saturated heterocycles. The summed E-state index contributed by atoms with van der Waals surface area (Å²) in [4.78, 5) is 36.5. The molecule has 3 amide bonds. The number of benzene rings is 1. The lowest BCUT2D eigenvalue weighted by Gasteiger charge is -2.20. The van der Waals surface area contributed by atoms with E-state index in [1.165, 1.54) is 33.5 Å². The summed E-state index contributed by atoms with van der Waals surface area (Å²) < 4.78 is 15.7. The molecule has 31 heavy (non-hydrogen) atoms. The summed E-state index contributed by atoms with van der Waals surface area (Å²) >= 11 is 5.03. The van der Waals surface area contributed by atoms with E-state index in [-0.39, 0.29) is 29.0 Å². The molecule has 0 aromatic heterocycles. The van der Waals surface area contributed by atoms with Gasteiger partial charge in [-0.1, -0.05) is 19.3 Å². The standard InChI is InChI=1S/C20H28N4O6S/c1-28-14-9-13(10-15(29-2)17(14)30-3)19(27)22-20(31)24-23-16(25)11-21-18(26)12-7-5-4-6-8-12/h9-10,12H,4-8,11H2,1-3H3,(H,21,26)(H,23,25)(H2,22,24,27,31). The molecule has 10 nitrogen and oxygen atoms in total. The van der Waals surface area contributed by atoms with Crippen LogP contribution >= 0.6 is 12.2 Å². The van der Waals surface area contributed by atoms with Gasteiger partial charge in [-0.05, 0) is 37.2 Å². The van der Waals surface area contributed by atoms with Crippen molar-refractivity contribution in [3.63, 3.8) is 0 Å². The van der Waals surface area contributed by atoms with Crippen molar-refractivity contribution in [3.05, 3.63) is 17.7 Å². The van der Waals surface area contributed by atoms with Gasteiger partial charge in [-0.2, -0.15) is 0 Å². The maximum Gasteiger partial charge on any atom is 0.257 e. The minimum atomic E-state index is -0.545. The summed E-state index contributed by atoms with van der Waals surface area (Å²) in [6, 6.07) is 2.94. The molecular weight excluding hydrogens is 424 g/mol. The van der Waals surface area contributed by atoms with Crippen LogP contribution in [0, 0.1) is 5.92 Å². The van der Waals surface area contributed by atoms with Gasteiger partial charge in [0.2, 0.25) is 11.7 Å². The predicted octanol–water partition coefficient (Wildman–Crippen LogP) is 1.04. The summed E-state index contributed by atoms with van der Waals surface area (Å²) in [5.74, 6) is -0.211. The van der Waals surface area contributed by atoms with Gasteiger partial charge in [0.05, 0.1) is 27.9 Å². The van der Waals surface area contributed by atoms with Crippen molar-refractivity contribution < 1.29 is 28.6 Å². The molecule has 11 heteroatoms. The third kappa shape index (κ3) is 6.99. The highest BCUT2D eigenvalue weighted by atomic mass is 32.1. The smallest absolute Gasteiger partial charge is 0.257 e. The number of rotatable bonds is 7. The number of hydrogen-bond acceptors (Lipinski definition) is 7. The zero-order chi connectivity index (χ0) is 22.8. The molecule has 1 aromatic rings. The largest absolute Gasteiger partial charge is 0.493 e. The van der Waals surface area contributed by atoms with Crippen molar-refractivity contribution in [2.45, 2.75) is 32.1 Å². The molecule has 0 bridgehead atoms. The highest BCUT2D eigenvalue weighted by molar-refractivity contribution is 7.80.